The molecule has 1 aliphatic rings. The molecule has 1 saturated heterocycles. The Kier molecular flexibility index (Phi) is 6.35. The van der Waals surface area contributed by atoms with Gasteiger partial charge in [0.15, 0.2) is 18.1 Å². The molecule has 24 heavy (non-hydrogen) atoms. The van der Waals surface area contributed by atoms with Crippen LogP contribution in [0.1, 0.15) is 25.3 Å². The highest BCUT2D eigenvalue weighted by Gasteiger charge is 2.17. The minimum atomic E-state index is -0.430. The standard InChI is InChI=1S/C18H25NO5/c1-5-23-17(20)12-24-18-15(21-3)10-13(11-16(18)22-4)9-14-7-6-8-19(14)2/h9-11H,5-8,12H2,1-4H3. The van der Waals surface area contributed by atoms with Crippen molar-refractivity contribution < 1.29 is 23.7 Å². The second-order valence-electron chi connectivity index (χ2n) is 5.51. The van der Waals surface area contributed by atoms with E-state index < -0.39 is 5.97 Å². The van der Waals surface area contributed by atoms with Crippen LogP contribution >= 0.6 is 0 Å². The van der Waals surface area contributed by atoms with Crippen LogP contribution in [0.3, 0.4) is 0 Å². The maximum atomic E-state index is 11.5. The Bertz CT molecular complexity index is 586. The second-order valence-corrected chi connectivity index (χ2v) is 5.51. The maximum Gasteiger partial charge on any atom is 0.344 e. The molecule has 0 aliphatic carbocycles. The zero-order chi connectivity index (χ0) is 17.5. The van der Waals surface area contributed by atoms with Gasteiger partial charge in [-0.15, -0.1) is 0 Å². The Morgan fingerprint density at radius 2 is 1.92 bits per heavy atom. The first-order chi connectivity index (χ1) is 11.6. The Balaban J connectivity index is 2.26. The van der Waals surface area contributed by atoms with Crippen LogP contribution in [0.15, 0.2) is 17.8 Å². The number of benzene rings is 1. The molecule has 1 aliphatic heterocycles. The molecule has 1 aromatic carbocycles. The first kappa shape index (κ1) is 18.0. The average Bonchev–Trinajstić information content (AvgIpc) is 2.97. The molecule has 1 aromatic rings. The van der Waals surface area contributed by atoms with Crippen molar-refractivity contribution >= 4 is 12.0 Å². The predicted octanol–water partition coefficient (Wildman–Crippen LogP) is 2.71. The lowest BCUT2D eigenvalue weighted by Gasteiger charge is -2.16. The number of methoxy groups -OCH3 is 2. The third-order valence-corrected chi connectivity index (χ3v) is 3.87. The highest BCUT2D eigenvalue weighted by molar-refractivity contribution is 5.72. The predicted molar refractivity (Wildman–Crippen MR) is 91.5 cm³/mol. The summed E-state index contributed by atoms with van der Waals surface area (Å²) in [4.78, 5) is 13.7. The lowest BCUT2D eigenvalue weighted by Crippen LogP contribution is -2.15. The smallest absolute Gasteiger partial charge is 0.344 e. The lowest BCUT2D eigenvalue weighted by atomic mass is 10.1. The highest BCUT2D eigenvalue weighted by Crippen LogP contribution is 2.39. The minimum Gasteiger partial charge on any atom is -0.493 e. The largest absolute Gasteiger partial charge is 0.493 e. The number of nitrogens with zero attached hydrogens (tertiary/aromatic N) is 1. The van der Waals surface area contributed by atoms with Crippen molar-refractivity contribution in [3.63, 3.8) is 0 Å². The van der Waals surface area contributed by atoms with Crippen molar-refractivity contribution in [1.29, 1.82) is 0 Å². The van der Waals surface area contributed by atoms with Gasteiger partial charge in [-0.2, -0.15) is 0 Å². The summed E-state index contributed by atoms with van der Waals surface area (Å²) >= 11 is 0. The van der Waals surface area contributed by atoms with Crippen LogP contribution in [0.5, 0.6) is 17.2 Å². The van der Waals surface area contributed by atoms with Gasteiger partial charge in [0.1, 0.15) is 0 Å². The zero-order valence-electron chi connectivity index (χ0n) is 14.8. The van der Waals surface area contributed by atoms with Crippen LogP contribution in [-0.4, -0.2) is 51.9 Å². The molecule has 0 radical (unpaired) electrons. The number of likely N-dealkylation sites (tertiary alicyclic amines) is 1. The normalized spacial score (nSPS) is 15.5. The number of rotatable bonds is 7. The van der Waals surface area contributed by atoms with E-state index in [4.69, 9.17) is 18.9 Å². The van der Waals surface area contributed by atoms with Crippen molar-refractivity contribution in [3.05, 3.63) is 23.4 Å². The summed E-state index contributed by atoms with van der Waals surface area (Å²) in [7, 11) is 5.21. The number of carbonyl (C=O) groups excluding carboxylic acids is 1. The van der Waals surface area contributed by atoms with E-state index in [1.54, 1.807) is 21.1 Å². The summed E-state index contributed by atoms with van der Waals surface area (Å²) in [5, 5.41) is 0. The molecule has 0 aromatic heterocycles. The molecule has 1 heterocycles. The third-order valence-electron chi connectivity index (χ3n) is 3.87. The van der Waals surface area contributed by atoms with Gasteiger partial charge in [-0.05, 0) is 43.5 Å². The molecule has 2 rings (SSSR count). The Labute approximate surface area is 142 Å². The van der Waals surface area contributed by atoms with Gasteiger partial charge < -0.3 is 23.8 Å². The Morgan fingerprint density at radius 3 is 2.42 bits per heavy atom. The molecule has 0 N–H and O–H groups in total. The second kappa shape index (κ2) is 8.47. The number of esters is 1. The minimum absolute atomic E-state index is 0.191. The van der Waals surface area contributed by atoms with Gasteiger partial charge in [0.05, 0.1) is 20.8 Å². The van der Waals surface area contributed by atoms with Gasteiger partial charge in [-0.25, -0.2) is 4.79 Å². The molecule has 0 unspecified atom stereocenters. The summed E-state index contributed by atoms with van der Waals surface area (Å²) in [6.45, 7) is 2.95. The van der Waals surface area contributed by atoms with Gasteiger partial charge in [-0.1, -0.05) is 0 Å². The van der Waals surface area contributed by atoms with E-state index in [0.717, 1.165) is 24.9 Å². The Hall–Kier alpha value is -2.37. The molecular formula is C18H25NO5. The van der Waals surface area contributed by atoms with Crippen molar-refractivity contribution in [3.8, 4) is 17.2 Å². The van der Waals surface area contributed by atoms with Crippen LogP contribution in [0.4, 0.5) is 0 Å². The molecule has 6 nitrogen and oxygen atoms in total. The van der Waals surface area contributed by atoms with Crippen molar-refractivity contribution in [2.24, 2.45) is 0 Å². The SMILES string of the molecule is CCOC(=O)COc1c(OC)cc(C=C2CCCN2C)cc1OC. The first-order valence-corrected chi connectivity index (χ1v) is 8.05. The molecule has 6 heteroatoms. The summed E-state index contributed by atoms with van der Waals surface area (Å²) in [5.41, 5.74) is 2.25. The molecule has 0 bridgehead atoms. The lowest BCUT2D eigenvalue weighted by molar-refractivity contribution is -0.145. The van der Waals surface area contributed by atoms with E-state index >= 15 is 0 Å². The summed E-state index contributed by atoms with van der Waals surface area (Å²) in [5.74, 6) is 1.01. The highest BCUT2D eigenvalue weighted by atomic mass is 16.6. The number of allylic oxidation sites excluding steroid dienone is 1. The van der Waals surface area contributed by atoms with E-state index in [2.05, 4.69) is 18.0 Å². The number of carbonyl (C=O) groups is 1. The molecule has 0 amide bonds. The fourth-order valence-corrected chi connectivity index (χ4v) is 2.67. The summed E-state index contributed by atoms with van der Waals surface area (Å²) in [6, 6.07) is 3.75. The van der Waals surface area contributed by atoms with Crippen molar-refractivity contribution in [2.45, 2.75) is 19.8 Å². The van der Waals surface area contributed by atoms with E-state index in [0.29, 0.717) is 23.9 Å². The maximum absolute atomic E-state index is 11.5. The number of hydrogen-bond acceptors (Lipinski definition) is 6. The topological polar surface area (TPSA) is 57.2 Å². The van der Waals surface area contributed by atoms with Crippen LogP contribution in [0.2, 0.25) is 0 Å². The van der Waals surface area contributed by atoms with E-state index in [1.807, 2.05) is 12.1 Å². The van der Waals surface area contributed by atoms with Crippen LogP contribution in [0.25, 0.3) is 6.08 Å². The van der Waals surface area contributed by atoms with Crippen molar-refractivity contribution in [1.82, 2.24) is 4.90 Å². The van der Waals surface area contributed by atoms with E-state index in [1.165, 1.54) is 5.70 Å². The Morgan fingerprint density at radius 1 is 1.25 bits per heavy atom. The van der Waals surface area contributed by atoms with Crippen LogP contribution in [-0.2, 0) is 9.53 Å². The van der Waals surface area contributed by atoms with Crippen molar-refractivity contribution in [2.75, 3.05) is 41.0 Å². The van der Waals surface area contributed by atoms with E-state index in [-0.39, 0.29) is 6.61 Å². The van der Waals surface area contributed by atoms with Gasteiger partial charge in [0.25, 0.3) is 0 Å². The number of hydrogen-bond donors (Lipinski definition) is 0. The van der Waals surface area contributed by atoms with E-state index in [9.17, 15) is 4.79 Å². The van der Waals surface area contributed by atoms with Gasteiger partial charge in [-0.3, -0.25) is 0 Å². The first-order valence-electron chi connectivity index (χ1n) is 8.05. The van der Waals surface area contributed by atoms with Crippen LogP contribution in [0, 0.1) is 0 Å². The molecule has 0 atom stereocenters. The fourth-order valence-electron chi connectivity index (χ4n) is 2.67. The fraction of sp³-hybridized carbons (Fsp3) is 0.500. The molecule has 0 saturated carbocycles. The van der Waals surface area contributed by atoms with Crippen LogP contribution < -0.4 is 14.2 Å². The summed E-state index contributed by atoms with van der Waals surface area (Å²) < 4.78 is 21.3. The monoisotopic (exact) mass is 335 g/mol. The van der Waals surface area contributed by atoms with Gasteiger partial charge >= 0.3 is 5.97 Å². The molecule has 1 fully saturated rings. The molecular weight excluding hydrogens is 310 g/mol. The zero-order valence-corrected chi connectivity index (χ0v) is 14.8. The quantitative estimate of drug-likeness (QED) is 0.714. The average molecular weight is 335 g/mol. The van der Waals surface area contributed by atoms with Gasteiger partial charge in [0.2, 0.25) is 5.75 Å². The number of ether oxygens (including phenoxy) is 4. The molecule has 0 spiro atoms. The molecule has 132 valence electrons. The summed E-state index contributed by atoms with van der Waals surface area (Å²) in [6.07, 6.45) is 4.34. The third kappa shape index (κ3) is 4.34. The van der Waals surface area contributed by atoms with Gasteiger partial charge in [0, 0.05) is 19.3 Å².